The van der Waals surface area contributed by atoms with E-state index in [1.54, 1.807) is 18.4 Å². The SMILES string of the molecule is CCNC(=NCC(=O)NCc1ccc(OC)cc1)NCCc1ncc(C)s1.I. The Hall–Kier alpha value is -1.88. The van der Waals surface area contributed by atoms with Crippen LogP contribution in [-0.2, 0) is 17.8 Å². The van der Waals surface area contributed by atoms with E-state index in [2.05, 4.69) is 25.9 Å². The molecule has 0 saturated heterocycles. The molecule has 0 aliphatic rings. The van der Waals surface area contributed by atoms with Crippen LogP contribution in [0.25, 0.3) is 0 Å². The number of ether oxygens (including phenoxy) is 1. The fourth-order valence-corrected chi connectivity index (χ4v) is 3.08. The lowest BCUT2D eigenvalue weighted by Crippen LogP contribution is -2.39. The van der Waals surface area contributed by atoms with Gasteiger partial charge in [0.1, 0.15) is 12.3 Å². The van der Waals surface area contributed by atoms with Crippen molar-refractivity contribution in [2.45, 2.75) is 26.8 Å². The van der Waals surface area contributed by atoms with Crippen LogP contribution in [0.15, 0.2) is 35.5 Å². The molecule has 28 heavy (non-hydrogen) atoms. The quantitative estimate of drug-likeness (QED) is 0.270. The lowest BCUT2D eigenvalue weighted by molar-refractivity contribution is -0.119. The molecule has 3 N–H and O–H groups in total. The Morgan fingerprint density at radius 1 is 1.21 bits per heavy atom. The Bertz CT molecular complexity index is 749. The highest BCUT2D eigenvalue weighted by molar-refractivity contribution is 14.0. The van der Waals surface area contributed by atoms with E-state index in [-0.39, 0.29) is 36.4 Å². The molecule has 0 bridgehead atoms. The number of carbonyl (C=O) groups excluding carboxylic acids is 1. The van der Waals surface area contributed by atoms with Gasteiger partial charge < -0.3 is 20.7 Å². The van der Waals surface area contributed by atoms with Gasteiger partial charge in [-0.25, -0.2) is 9.98 Å². The standard InChI is InChI=1S/C19H27N5O2S.HI/c1-4-20-19(21-10-9-18-23-11-14(2)27-18)24-13-17(25)22-12-15-5-7-16(26-3)8-6-15;/h5-8,11H,4,9-10,12-13H2,1-3H3,(H,22,25)(H2,20,21,24);1H. The first-order chi connectivity index (χ1) is 13.1. The van der Waals surface area contributed by atoms with Gasteiger partial charge in [0, 0.05) is 37.1 Å². The summed E-state index contributed by atoms with van der Waals surface area (Å²) in [5.41, 5.74) is 1.01. The summed E-state index contributed by atoms with van der Waals surface area (Å²) >= 11 is 1.69. The highest BCUT2D eigenvalue weighted by atomic mass is 127. The molecule has 0 spiro atoms. The van der Waals surface area contributed by atoms with Crippen molar-refractivity contribution < 1.29 is 9.53 Å². The smallest absolute Gasteiger partial charge is 0.242 e. The van der Waals surface area contributed by atoms with Crippen molar-refractivity contribution in [3.05, 3.63) is 45.9 Å². The third-order valence-corrected chi connectivity index (χ3v) is 4.65. The third-order valence-electron chi connectivity index (χ3n) is 3.67. The first kappa shape index (κ1) is 24.2. The van der Waals surface area contributed by atoms with Crippen LogP contribution < -0.4 is 20.7 Å². The molecule has 0 unspecified atom stereocenters. The van der Waals surface area contributed by atoms with Gasteiger partial charge in [-0.15, -0.1) is 35.3 Å². The minimum atomic E-state index is -0.126. The monoisotopic (exact) mass is 517 g/mol. The van der Waals surface area contributed by atoms with Crippen LogP contribution in [0.2, 0.25) is 0 Å². The maximum absolute atomic E-state index is 12.0. The first-order valence-electron chi connectivity index (χ1n) is 8.93. The second kappa shape index (κ2) is 13.3. The average molecular weight is 517 g/mol. The average Bonchev–Trinajstić information content (AvgIpc) is 3.10. The summed E-state index contributed by atoms with van der Waals surface area (Å²) in [5, 5.41) is 10.3. The zero-order chi connectivity index (χ0) is 19.5. The van der Waals surface area contributed by atoms with E-state index < -0.39 is 0 Å². The number of nitrogens with one attached hydrogen (secondary N) is 3. The van der Waals surface area contributed by atoms with Gasteiger partial charge in [-0.3, -0.25) is 4.79 Å². The third kappa shape index (κ3) is 8.87. The molecule has 7 nitrogen and oxygen atoms in total. The van der Waals surface area contributed by atoms with Crippen LogP contribution in [-0.4, -0.2) is 43.6 Å². The van der Waals surface area contributed by atoms with Gasteiger partial charge in [0.25, 0.3) is 0 Å². The minimum absolute atomic E-state index is 0. The summed E-state index contributed by atoms with van der Waals surface area (Å²) in [6, 6.07) is 7.59. The number of thiazole rings is 1. The zero-order valence-electron chi connectivity index (χ0n) is 16.4. The highest BCUT2D eigenvalue weighted by Gasteiger charge is 2.04. The van der Waals surface area contributed by atoms with Crippen molar-refractivity contribution >= 4 is 47.2 Å². The van der Waals surface area contributed by atoms with Crippen LogP contribution in [0.4, 0.5) is 0 Å². The molecule has 0 atom stereocenters. The zero-order valence-corrected chi connectivity index (χ0v) is 19.6. The molecular formula is C19H28IN5O2S. The van der Waals surface area contributed by atoms with E-state index in [4.69, 9.17) is 4.74 Å². The topological polar surface area (TPSA) is 87.6 Å². The van der Waals surface area contributed by atoms with Crippen molar-refractivity contribution in [1.29, 1.82) is 0 Å². The van der Waals surface area contributed by atoms with Gasteiger partial charge in [0.2, 0.25) is 5.91 Å². The Labute approximate surface area is 187 Å². The summed E-state index contributed by atoms with van der Waals surface area (Å²) < 4.78 is 5.12. The van der Waals surface area contributed by atoms with Crippen LogP contribution in [0.5, 0.6) is 5.75 Å². The van der Waals surface area contributed by atoms with E-state index in [0.717, 1.165) is 29.3 Å². The summed E-state index contributed by atoms with van der Waals surface area (Å²) in [4.78, 5) is 21.9. The number of aryl methyl sites for hydroxylation is 1. The normalized spacial score (nSPS) is 10.8. The molecule has 0 aliphatic heterocycles. The molecule has 154 valence electrons. The van der Waals surface area contributed by atoms with Crippen molar-refractivity contribution in [3.63, 3.8) is 0 Å². The van der Waals surface area contributed by atoms with Crippen LogP contribution in [0.3, 0.4) is 0 Å². The van der Waals surface area contributed by atoms with Gasteiger partial charge in [0.05, 0.1) is 12.1 Å². The number of amides is 1. The van der Waals surface area contributed by atoms with Crippen LogP contribution in [0.1, 0.15) is 22.4 Å². The molecule has 0 radical (unpaired) electrons. The van der Waals surface area contributed by atoms with Gasteiger partial charge in [-0.1, -0.05) is 12.1 Å². The summed E-state index contributed by atoms with van der Waals surface area (Å²) in [6.07, 6.45) is 2.71. The molecular weight excluding hydrogens is 489 g/mol. The number of aromatic nitrogens is 1. The first-order valence-corrected chi connectivity index (χ1v) is 9.75. The predicted molar refractivity (Wildman–Crippen MR) is 125 cm³/mol. The number of hydrogen-bond donors (Lipinski definition) is 3. The molecule has 1 amide bonds. The van der Waals surface area contributed by atoms with Crippen molar-refractivity contribution in [2.24, 2.45) is 4.99 Å². The van der Waals surface area contributed by atoms with Crippen molar-refractivity contribution in [3.8, 4) is 5.75 Å². The number of carbonyl (C=O) groups is 1. The number of benzene rings is 1. The molecule has 2 rings (SSSR count). The molecule has 1 aromatic heterocycles. The van der Waals surface area contributed by atoms with Gasteiger partial charge in [-0.05, 0) is 31.5 Å². The second-order valence-electron chi connectivity index (χ2n) is 5.86. The molecule has 0 fully saturated rings. The van der Waals surface area contributed by atoms with E-state index >= 15 is 0 Å². The van der Waals surface area contributed by atoms with E-state index in [1.807, 2.05) is 44.3 Å². The molecule has 2 aromatic rings. The molecule has 0 saturated carbocycles. The minimum Gasteiger partial charge on any atom is -0.497 e. The molecule has 1 heterocycles. The van der Waals surface area contributed by atoms with E-state index in [0.29, 0.717) is 19.0 Å². The Morgan fingerprint density at radius 2 is 1.96 bits per heavy atom. The maximum atomic E-state index is 12.0. The van der Waals surface area contributed by atoms with Gasteiger partial charge >= 0.3 is 0 Å². The summed E-state index contributed by atoms with van der Waals surface area (Å²) in [7, 11) is 1.63. The largest absolute Gasteiger partial charge is 0.497 e. The number of hydrogen-bond acceptors (Lipinski definition) is 5. The molecule has 0 aliphatic carbocycles. The number of methoxy groups -OCH3 is 1. The fourth-order valence-electron chi connectivity index (χ4n) is 2.30. The second-order valence-corrected chi connectivity index (χ2v) is 7.18. The number of nitrogens with zero attached hydrogens (tertiary/aromatic N) is 2. The van der Waals surface area contributed by atoms with Crippen LogP contribution >= 0.6 is 35.3 Å². The Morgan fingerprint density at radius 3 is 2.57 bits per heavy atom. The fraction of sp³-hybridized carbons (Fsp3) is 0.421. The lowest BCUT2D eigenvalue weighted by Gasteiger charge is -2.11. The Kier molecular flexibility index (Phi) is 11.5. The van der Waals surface area contributed by atoms with Gasteiger partial charge in [0.15, 0.2) is 5.96 Å². The van der Waals surface area contributed by atoms with Crippen molar-refractivity contribution in [2.75, 3.05) is 26.7 Å². The van der Waals surface area contributed by atoms with E-state index in [1.165, 1.54) is 4.88 Å². The number of aliphatic imine (C=N–C) groups is 1. The molecule has 9 heteroatoms. The van der Waals surface area contributed by atoms with Gasteiger partial charge in [-0.2, -0.15) is 0 Å². The Balaban J connectivity index is 0.00000392. The van der Waals surface area contributed by atoms with Crippen molar-refractivity contribution in [1.82, 2.24) is 20.9 Å². The predicted octanol–water partition coefficient (Wildman–Crippen LogP) is 2.49. The summed E-state index contributed by atoms with van der Waals surface area (Å²) in [6.45, 7) is 6.02. The lowest BCUT2D eigenvalue weighted by atomic mass is 10.2. The number of halogens is 1. The van der Waals surface area contributed by atoms with E-state index in [9.17, 15) is 4.79 Å². The van der Waals surface area contributed by atoms with Crippen LogP contribution in [0, 0.1) is 6.92 Å². The highest BCUT2D eigenvalue weighted by Crippen LogP contribution is 2.11. The summed E-state index contributed by atoms with van der Waals surface area (Å²) in [5.74, 6) is 1.30. The maximum Gasteiger partial charge on any atom is 0.242 e. The molecule has 1 aromatic carbocycles. The number of rotatable bonds is 9. The number of guanidine groups is 1.